The molecule has 2 rings (SSSR count). The van der Waals surface area contributed by atoms with Gasteiger partial charge in [-0.15, -0.1) is 0 Å². The van der Waals surface area contributed by atoms with E-state index in [2.05, 4.69) is 5.32 Å². The molecular formula is C15H21N3O3. The van der Waals surface area contributed by atoms with Crippen molar-refractivity contribution < 1.29 is 14.3 Å². The molecule has 1 aliphatic rings. The third-order valence-electron chi connectivity index (χ3n) is 3.52. The van der Waals surface area contributed by atoms with Gasteiger partial charge < -0.3 is 19.9 Å². The van der Waals surface area contributed by atoms with Crippen molar-refractivity contribution in [3.05, 3.63) is 29.8 Å². The third kappa shape index (κ3) is 3.45. The average molecular weight is 291 g/mol. The Morgan fingerprint density at radius 1 is 1.14 bits per heavy atom. The monoisotopic (exact) mass is 291 g/mol. The first-order valence-electron chi connectivity index (χ1n) is 7.12. The normalized spacial score (nSPS) is 14.8. The van der Waals surface area contributed by atoms with Crippen LogP contribution in [0.2, 0.25) is 0 Å². The molecule has 1 fully saturated rings. The number of amides is 3. The van der Waals surface area contributed by atoms with Crippen molar-refractivity contribution in [1.29, 1.82) is 0 Å². The number of nitrogens with zero attached hydrogens (tertiary/aromatic N) is 2. The van der Waals surface area contributed by atoms with Gasteiger partial charge in [0.05, 0.1) is 12.7 Å². The average Bonchev–Trinajstić information content (AvgIpc) is 2.54. The van der Waals surface area contributed by atoms with Crippen LogP contribution in [0.3, 0.4) is 0 Å². The summed E-state index contributed by atoms with van der Waals surface area (Å²) in [5.74, 6) is 0.525. The van der Waals surface area contributed by atoms with Crippen LogP contribution in [-0.4, -0.2) is 61.6 Å². The Hall–Kier alpha value is -2.24. The summed E-state index contributed by atoms with van der Waals surface area (Å²) >= 11 is 0. The predicted octanol–water partition coefficient (Wildman–Crippen LogP) is 1.18. The second-order valence-electron chi connectivity index (χ2n) is 4.82. The maximum atomic E-state index is 12.5. The second kappa shape index (κ2) is 6.97. The van der Waals surface area contributed by atoms with Gasteiger partial charge in [-0.05, 0) is 19.1 Å². The summed E-state index contributed by atoms with van der Waals surface area (Å²) < 4.78 is 5.23. The lowest BCUT2D eigenvalue weighted by Gasteiger charge is -2.34. The van der Waals surface area contributed by atoms with E-state index in [1.807, 2.05) is 19.1 Å². The fourth-order valence-electron chi connectivity index (χ4n) is 2.37. The van der Waals surface area contributed by atoms with Crippen LogP contribution in [0.1, 0.15) is 17.3 Å². The van der Waals surface area contributed by atoms with Crippen molar-refractivity contribution in [3.8, 4) is 5.75 Å². The smallest absolute Gasteiger partial charge is 0.317 e. The zero-order valence-corrected chi connectivity index (χ0v) is 12.5. The van der Waals surface area contributed by atoms with E-state index in [1.54, 1.807) is 29.0 Å². The molecule has 0 atom stereocenters. The van der Waals surface area contributed by atoms with E-state index in [9.17, 15) is 9.59 Å². The van der Waals surface area contributed by atoms with Crippen LogP contribution in [0.15, 0.2) is 24.3 Å². The predicted molar refractivity (Wildman–Crippen MR) is 79.5 cm³/mol. The molecule has 0 saturated carbocycles. The topological polar surface area (TPSA) is 61.9 Å². The van der Waals surface area contributed by atoms with Crippen molar-refractivity contribution in [3.63, 3.8) is 0 Å². The van der Waals surface area contributed by atoms with Crippen LogP contribution >= 0.6 is 0 Å². The summed E-state index contributed by atoms with van der Waals surface area (Å²) in [6.07, 6.45) is 0. The van der Waals surface area contributed by atoms with E-state index in [-0.39, 0.29) is 11.9 Å². The van der Waals surface area contributed by atoms with Gasteiger partial charge in [-0.25, -0.2) is 4.79 Å². The Morgan fingerprint density at radius 3 is 2.38 bits per heavy atom. The summed E-state index contributed by atoms with van der Waals surface area (Å²) in [5, 5.41) is 2.77. The molecule has 21 heavy (non-hydrogen) atoms. The van der Waals surface area contributed by atoms with E-state index in [4.69, 9.17) is 4.74 Å². The molecule has 0 aromatic heterocycles. The summed E-state index contributed by atoms with van der Waals surface area (Å²) in [5.41, 5.74) is 0.562. The van der Waals surface area contributed by atoms with Gasteiger partial charge in [0.15, 0.2) is 0 Å². The number of ether oxygens (including phenoxy) is 1. The molecule has 6 heteroatoms. The van der Waals surface area contributed by atoms with E-state index in [1.165, 1.54) is 0 Å². The number of hydrogen-bond donors (Lipinski definition) is 1. The van der Waals surface area contributed by atoms with Crippen molar-refractivity contribution in [2.45, 2.75) is 6.92 Å². The molecule has 1 heterocycles. The molecule has 1 N–H and O–H groups in total. The van der Waals surface area contributed by atoms with Crippen molar-refractivity contribution in [2.24, 2.45) is 0 Å². The largest absolute Gasteiger partial charge is 0.496 e. The maximum Gasteiger partial charge on any atom is 0.317 e. The van der Waals surface area contributed by atoms with Crippen LogP contribution < -0.4 is 10.1 Å². The minimum absolute atomic E-state index is 0.0528. The third-order valence-corrected chi connectivity index (χ3v) is 3.52. The first kappa shape index (κ1) is 15.2. The SMILES string of the molecule is CCNC(=O)N1CCN(C(=O)c2ccccc2OC)CC1. The number of nitrogens with one attached hydrogen (secondary N) is 1. The standard InChI is InChI=1S/C15H21N3O3/c1-3-16-15(20)18-10-8-17(9-11-18)14(19)12-6-4-5-7-13(12)21-2/h4-7H,3,8-11H2,1-2H3,(H,16,20). The van der Waals surface area contributed by atoms with Crippen LogP contribution in [0, 0.1) is 0 Å². The fourth-order valence-corrected chi connectivity index (χ4v) is 2.37. The van der Waals surface area contributed by atoms with Gasteiger partial charge in [-0.1, -0.05) is 12.1 Å². The lowest BCUT2D eigenvalue weighted by molar-refractivity contribution is 0.0662. The number of carbonyl (C=O) groups is 2. The molecule has 1 aliphatic heterocycles. The highest BCUT2D eigenvalue weighted by Crippen LogP contribution is 2.20. The van der Waals surface area contributed by atoms with Gasteiger partial charge in [0.1, 0.15) is 5.75 Å². The van der Waals surface area contributed by atoms with Crippen molar-refractivity contribution in [2.75, 3.05) is 39.8 Å². The highest BCUT2D eigenvalue weighted by atomic mass is 16.5. The number of methoxy groups -OCH3 is 1. The molecule has 1 aromatic carbocycles. The Morgan fingerprint density at radius 2 is 1.76 bits per heavy atom. The van der Waals surface area contributed by atoms with E-state index < -0.39 is 0 Å². The number of carbonyl (C=O) groups excluding carboxylic acids is 2. The molecule has 0 aliphatic carbocycles. The molecule has 0 spiro atoms. The molecule has 114 valence electrons. The minimum Gasteiger partial charge on any atom is -0.496 e. The van der Waals surface area contributed by atoms with Crippen molar-refractivity contribution in [1.82, 2.24) is 15.1 Å². The van der Waals surface area contributed by atoms with Gasteiger partial charge >= 0.3 is 6.03 Å². The zero-order valence-electron chi connectivity index (χ0n) is 12.5. The van der Waals surface area contributed by atoms with Crippen molar-refractivity contribution >= 4 is 11.9 Å². The highest BCUT2D eigenvalue weighted by Gasteiger charge is 2.25. The van der Waals surface area contributed by atoms with E-state index in [0.29, 0.717) is 44.0 Å². The quantitative estimate of drug-likeness (QED) is 0.909. The van der Waals surface area contributed by atoms with Crippen LogP contribution in [0.25, 0.3) is 0 Å². The van der Waals surface area contributed by atoms with E-state index in [0.717, 1.165) is 0 Å². The molecule has 1 aromatic rings. The number of urea groups is 1. The van der Waals surface area contributed by atoms with Gasteiger partial charge in [0, 0.05) is 32.7 Å². The highest BCUT2D eigenvalue weighted by molar-refractivity contribution is 5.97. The first-order chi connectivity index (χ1) is 10.2. The number of benzene rings is 1. The number of hydrogen-bond acceptors (Lipinski definition) is 3. The molecule has 6 nitrogen and oxygen atoms in total. The molecule has 0 bridgehead atoms. The summed E-state index contributed by atoms with van der Waals surface area (Å²) in [6.45, 7) is 4.67. The van der Waals surface area contributed by atoms with Gasteiger partial charge in [-0.2, -0.15) is 0 Å². The Bertz CT molecular complexity index is 511. The number of para-hydroxylation sites is 1. The molecule has 3 amide bonds. The minimum atomic E-state index is -0.0677. The van der Waals surface area contributed by atoms with Crippen LogP contribution in [0.5, 0.6) is 5.75 Å². The number of piperazine rings is 1. The molecule has 0 radical (unpaired) electrons. The van der Waals surface area contributed by atoms with Crippen LogP contribution in [0.4, 0.5) is 4.79 Å². The Kier molecular flexibility index (Phi) is 5.03. The Labute approximate surface area is 124 Å². The first-order valence-corrected chi connectivity index (χ1v) is 7.12. The summed E-state index contributed by atoms with van der Waals surface area (Å²) in [4.78, 5) is 27.7. The Balaban J connectivity index is 1.99. The maximum absolute atomic E-state index is 12.5. The van der Waals surface area contributed by atoms with Gasteiger partial charge in [-0.3, -0.25) is 4.79 Å². The molecule has 1 saturated heterocycles. The lowest BCUT2D eigenvalue weighted by atomic mass is 10.1. The summed E-state index contributed by atoms with van der Waals surface area (Å²) in [7, 11) is 1.55. The summed E-state index contributed by atoms with van der Waals surface area (Å²) in [6, 6.07) is 7.13. The van der Waals surface area contributed by atoms with Crippen LogP contribution in [-0.2, 0) is 0 Å². The van der Waals surface area contributed by atoms with Gasteiger partial charge in [0.2, 0.25) is 0 Å². The molecule has 0 unspecified atom stereocenters. The second-order valence-corrected chi connectivity index (χ2v) is 4.82. The van der Waals surface area contributed by atoms with E-state index >= 15 is 0 Å². The lowest BCUT2D eigenvalue weighted by Crippen LogP contribution is -2.53. The van der Waals surface area contributed by atoms with Gasteiger partial charge in [0.25, 0.3) is 5.91 Å². The molecular weight excluding hydrogens is 270 g/mol. The number of rotatable bonds is 3. The fraction of sp³-hybridized carbons (Fsp3) is 0.467. The zero-order chi connectivity index (χ0) is 15.2.